The molecule has 2 saturated heterocycles. The Bertz CT molecular complexity index is 433. The molecule has 2 fully saturated rings. The van der Waals surface area contributed by atoms with Crippen molar-refractivity contribution in [2.75, 3.05) is 7.11 Å². The number of hydrogen-bond acceptors (Lipinski definition) is 8. The Morgan fingerprint density at radius 1 is 1.50 bits per heavy atom. The molecule has 0 aliphatic carbocycles. The quantitative estimate of drug-likeness (QED) is 0.149. The molecule has 5 atom stereocenters. The van der Waals surface area contributed by atoms with Crippen molar-refractivity contribution in [2.24, 2.45) is 5.11 Å². The maximum Gasteiger partial charge on any atom is 0.338 e. The van der Waals surface area contributed by atoms with Crippen LogP contribution in [-0.4, -0.2) is 54.8 Å². The van der Waals surface area contributed by atoms with E-state index in [1.165, 1.54) is 7.11 Å². The van der Waals surface area contributed by atoms with E-state index in [1.807, 2.05) is 0 Å². The number of nitrogens with zero attached hydrogens (tertiary/aromatic N) is 3. The van der Waals surface area contributed by atoms with Gasteiger partial charge in [-0.15, -0.1) is 0 Å². The van der Waals surface area contributed by atoms with Gasteiger partial charge in [0.05, 0.1) is 0 Å². The van der Waals surface area contributed by atoms with Gasteiger partial charge in [-0.3, -0.25) is 0 Å². The Kier molecular flexibility index (Phi) is 4.14. The molecule has 2 heterocycles. The zero-order valence-electron chi connectivity index (χ0n) is 11.1. The van der Waals surface area contributed by atoms with Crippen molar-refractivity contribution in [1.29, 1.82) is 0 Å². The molecule has 0 aromatic heterocycles. The lowest BCUT2D eigenvalue weighted by Gasteiger charge is -2.27. The van der Waals surface area contributed by atoms with Crippen LogP contribution in [0.25, 0.3) is 10.4 Å². The van der Waals surface area contributed by atoms with Gasteiger partial charge in [0.25, 0.3) is 0 Å². The monoisotopic (exact) mass is 289 g/mol. The zero-order chi connectivity index (χ0) is 14.9. The van der Waals surface area contributed by atoms with Gasteiger partial charge in [-0.2, -0.15) is 0 Å². The lowest BCUT2D eigenvalue weighted by Crippen LogP contribution is -2.45. The van der Waals surface area contributed by atoms with E-state index in [1.54, 1.807) is 13.8 Å². The van der Waals surface area contributed by atoms with Crippen molar-refractivity contribution in [3.63, 3.8) is 0 Å². The first-order chi connectivity index (χ1) is 9.43. The molecule has 2 aliphatic heterocycles. The fourth-order valence-corrected chi connectivity index (χ4v) is 2.32. The van der Waals surface area contributed by atoms with Crippen molar-refractivity contribution in [3.8, 4) is 0 Å². The number of hydrogen-bond donors (Lipinski definition) is 1. The fourth-order valence-electron chi connectivity index (χ4n) is 2.32. The molecule has 0 amide bonds. The summed E-state index contributed by atoms with van der Waals surface area (Å²) in [6, 6.07) is -1.12. The predicted octanol–water partition coefficient (Wildman–Crippen LogP) is 0.573. The number of ether oxygens (including phenoxy) is 4. The number of fused-ring (bicyclic) bond motifs is 1. The largest absolute Gasteiger partial charge is 0.457 e. The fraction of sp³-hybridized carbons (Fsp3) is 0.900. The van der Waals surface area contributed by atoms with Crippen LogP contribution in [-0.2, 0) is 28.6 Å². The van der Waals surface area contributed by atoms with E-state index < -0.39 is 42.4 Å². The Morgan fingerprint density at radius 2 is 2.20 bits per heavy atom. The highest BCUT2D eigenvalue weighted by Gasteiger charge is 2.59. The van der Waals surface area contributed by atoms with Gasteiger partial charge in [-0.1, -0.05) is 5.11 Å². The van der Waals surface area contributed by atoms with Crippen LogP contribution >= 0.6 is 0 Å². The summed E-state index contributed by atoms with van der Waals surface area (Å²) in [5, 5.41) is 12.2. The van der Waals surface area contributed by atoms with Crippen molar-refractivity contribution >= 4 is 5.97 Å². The van der Waals surface area contributed by atoms with E-state index in [-0.39, 0.29) is 0 Å². The molecule has 20 heavy (non-hydrogen) atoms. The molecule has 0 bridgehead atoms. The van der Waals surface area contributed by atoms with Crippen LogP contribution in [0.4, 0.5) is 0 Å². The minimum atomic E-state index is -1.30. The number of carbonyl (C=O) groups excluding carboxylic acids is 1. The molecule has 2 rings (SSSR count). The predicted molar refractivity (Wildman–Crippen MR) is 61.1 cm³/mol. The third-order valence-electron chi connectivity index (χ3n) is 3.07. The van der Waals surface area contributed by atoms with E-state index in [0.29, 0.717) is 0 Å². The third kappa shape index (κ3) is 2.57. The number of methoxy groups -OCH3 is 1. The van der Waals surface area contributed by atoms with Crippen LogP contribution in [0.5, 0.6) is 0 Å². The lowest BCUT2D eigenvalue weighted by molar-refractivity contribution is -0.350. The van der Waals surface area contributed by atoms with Gasteiger partial charge < -0.3 is 18.9 Å². The van der Waals surface area contributed by atoms with E-state index in [4.69, 9.17) is 29.7 Å². The number of cyclic esters (lactones) is 1. The molecular formula is C10H15N3O7. The van der Waals surface area contributed by atoms with Gasteiger partial charge in [0, 0.05) is 12.0 Å². The average Bonchev–Trinajstić information content (AvgIpc) is 2.85. The third-order valence-corrected chi connectivity index (χ3v) is 3.07. The smallest absolute Gasteiger partial charge is 0.338 e. The van der Waals surface area contributed by atoms with E-state index in [0.717, 1.165) is 0 Å². The van der Waals surface area contributed by atoms with E-state index in [9.17, 15) is 4.79 Å². The number of esters is 1. The van der Waals surface area contributed by atoms with Gasteiger partial charge in [-0.05, 0) is 19.4 Å². The Labute approximate surface area is 114 Å². The summed E-state index contributed by atoms with van der Waals surface area (Å²) in [6.45, 7) is 3.29. The van der Waals surface area contributed by atoms with Crippen LogP contribution in [0.2, 0.25) is 0 Å². The SMILES string of the molecule is COC(OO)C(N=[N+]=[N-])[C@H]1OC(=O)[C@H]2OC(C)(C)O[C@H]21. The van der Waals surface area contributed by atoms with Gasteiger partial charge in [0.15, 0.2) is 11.9 Å². The second-order valence-corrected chi connectivity index (χ2v) is 4.83. The standard InChI is InChI=1S/C10H15N3O7/c1-10(2)18-6-5(17-8(14)7(6)19-10)4(12-13-11)9(16-3)20-15/h4-7,9,15H,1-3H3/t4?,5-,6+,7+,9?/m1/s1. The summed E-state index contributed by atoms with van der Waals surface area (Å²) in [7, 11) is 1.24. The van der Waals surface area contributed by atoms with Crippen LogP contribution in [0, 0.1) is 0 Å². The first-order valence-corrected chi connectivity index (χ1v) is 5.87. The molecular weight excluding hydrogens is 274 g/mol. The second kappa shape index (κ2) is 5.52. The summed E-state index contributed by atoms with van der Waals surface area (Å²) in [6.07, 6.45) is -3.97. The molecule has 0 aromatic carbocycles. The Balaban J connectivity index is 2.26. The highest BCUT2D eigenvalue weighted by atomic mass is 17.1. The maximum atomic E-state index is 11.8. The number of rotatable bonds is 5. The van der Waals surface area contributed by atoms with Gasteiger partial charge in [0.2, 0.25) is 6.29 Å². The minimum Gasteiger partial charge on any atom is -0.457 e. The Morgan fingerprint density at radius 3 is 2.75 bits per heavy atom. The summed E-state index contributed by atoms with van der Waals surface area (Å²) in [5.74, 6) is -1.59. The summed E-state index contributed by atoms with van der Waals surface area (Å²) >= 11 is 0. The van der Waals surface area contributed by atoms with Gasteiger partial charge in [-0.25, -0.2) is 14.9 Å². The molecule has 112 valence electrons. The number of azide groups is 1. The topological polar surface area (TPSA) is 132 Å². The molecule has 2 unspecified atom stereocenters. The molecule has 10 nitrogen and oxygen atoms in total. The van der Waals surface area contributed by atoms with Gasteiger partial charge in [0.1, 0.15) is 18.2 Å². The van der Waals surface area contributed by atoms with E-state index >= 15 is 0 Å². The van der Waals surface area contributed by atoms with Crippen molar-refractivity contribution in [1.82, 2.24) is 0 Å². The number of carbonyl (C=O) groups is 1. The highest BCUT2D eigenvalue weighted by Crippen LogP contribution is 2.38. The Hall–Kier alpha value is -1.42. The second-order valence-electron chi connectivity index (χ2n) is 4.83. The summed E-state index contributed by atoms with van der Waals surface area (Å²) < 4.78 is 20.9. The summed E-state index contributed by atoms with van der Waals surface area (Å²) in [4.78, 5) is 18.5. The van der Waals surface area contributed by atoms with Crippen LogP contribution in [0.3, 0.4) is 0 Å². The molecule has 1 N–H and O–H groups in total. The molecule has 0 saturated carbocycles. The molecule has 10 heteroatoms. The normalized spacial score (nSPS) is 34.0. The highest BCUT2D eigenvalue weighted by molar-refractivity contribution is 5.78. The molecule has 0 aromatic rings. The van der Waals surface area contributed by atoms with Crippen LogP contribution < -0.4 is 0 Å². The van der Waals surface area contributed by atoms with E-state index in [2.05, 4.69) is 14.9 Å². The van der Waals surface area contributed by atoms with Crippen molar-refractivity contribution in [2.45, 2.75) is 50.3 Å². The minimum absolute atomic E-state index is 0.628. The van der Waals surface area contributed by atoms with Gasteiger partial charge >= 0.3 is 5.97 Å². The van der Waals surface area contributed by atoms with Crippen molar-refractivity contribution in [3.05, 3.63) is 10.4 Å². The van der Waals surface area contributed by atoms with Crippen LogP contribution in [0.15, 0.2) is 5.11 Å². The van der Waals surface area contributed by atoms with Crippen LogP contribution in [0.1, 0.15) is 13.8 Å². The maximum absolute atomic E-state index is 11.8. The lowest BCUT2D eigenvalue weighted by atomic mass is 10.0. The zero-order valence-corrected chi connectivity index (χ0v) is 11.1. The first kappa shape index (κ1) is 15.0. The average molecular weight is 289 g/mol. The molecule has 0 spiro atoms. The molecule has 0 radical (unpaired) electrons. The first-order valence-electron chi connectivity index (χ1n) is 5.87. The molecule has 2 aliphatic rings. The summed E-state index contributed by atoms with van der Waals surface area (Å²) in [5.41, 5.74) is 8.60. The van der Waals surface area contributed by atoms with Crippen molar-refractivity contribution < 1.29 is 33.9 Å².